The lowest BCUT2D eigenvalue weighted by Crippen LogP contribution is -2.44. The van der Waals surface area contributed by atoms with Gasteiger partial charge in [-0.3, -0.25) is 4.79 Å². The number of nitrogens with zero attached hydrogens (tertiary/aromatic N) is 2. The van der Waals surface area contributed by atoms with E-state index in [9.17, 15) is 9.59 Å². The Balaban J connectivity index is 1.53. The highest BCUT2D eigenvalue weighted by Crippen LogP contribution is 2.23. The van der Waals surface area contributed by atoms with Crippen LogP contribution in [0.25, 0.3) is 0 Å². The summed E-state index contributed by atoms with van der Waals surface area (Å²) >= 11 is 0. The second kappa shape index (κ2) is 7.51. The highest BCUT2D eigenvalue weighted by Gasteiger charge is 2.28. The van der Waals surface area contributed by atoms with Crippen LogP contribution >= 0.6 is 0 Å². The second-order valence-electron chi connectivity index (χ2n) is 6.46. The summed E-state index contributed by atoms with van der Waals surface area (Å²) in [6, 6.07) is 3.23. The van der Waals surface area contributed by atoms with Crippen LogP contribution in [0.15, 0.2) is 18.3 Å². The Morgan fingerprint density at radius 1 is 1.21 bits per heavy atom. The summed E-state index contributed by atoms with van der Waals surface area (Å²) in [4.78, 5) is 29.1. The van der Waals surface area contributed by atoms with Gasteiger partial charge in [0.2, 0.25) is 5.88 Å². The number of urea groups is 1. The monoisotopic (exact) mass is 333 g/mol. The molecular weight excluding hydrogens is 310 g/mol. The molecule has 1 saturated carbocycles. The topological polar surface area (TPSA) is 91.8 Å². The van der Waals surface area contributed by atoms with Crippen molar-refractivity contribution < 1.29 is 19.4 Å². The molecule has 7 nitrogen and oxygen atoms in total. The minimum Gasteiger partial charge on any atom is -0.481 e. The maximum atomic E-state index is 12.3. The number of carboxylic acids is 1. The fourth-order valence-corrected chi connectivity index (χ4v) is 3.27. The molecule has 1 aliphatic carbocycles. The van der Waals surface area contributed by atoms with Crippen molar-refractivity contribution in [1.29, 1.82) is 0 Å². The van der Waals surface area contributed by atoms with E-state index in [0.717, 1.165) is 12.8 Å². The lowest BCUT2D eigenvalue weighted by molar-refractivity contribution is -0.143. The summed E-state index contributed by atoms with van der Waals surface area (Å²) in [5, 5.41) is 11.9. The molecule has 0 spiro atoms. The van der Waals surface area contributed by atoms with Gasteiger partial charge < -0.3 is 20.1 Å². The highest BCUT2D eigenvalue weighted by molar-refractivity contribution is 5.89. The lowest BCUT2D eigenvalue weighted by Gasteiger charge is -2.30. The molecule has 2 amide bonds. The largest absolute Gasteiger partial charge is 0.481 e. The van der Waals surface area contributed by atoms with E-state index in [1.165, 1.54) is 12.8 Å². The average Bonchev–Trinajstić information content (AvgIpc) is 3.10. The summed E-state index contributed by atoms with van der Waals surface area (Å²) in [6.45, 7) is 0.823. The maximum absolute atomic E-state index is 12.3. The molecule has 1 aliphatic heterocycles. The van der Waals surface area contributed by atoms with Crippen LogP contribution in [-0.4, -0.2) is 46.2 Å². The number of pyridine rings is 1. The molecule has 0 aromatic carbocycles. The Morgan fingerprint density at radius 2 is 2.00 bits per heavy atom. The van der Waals surface area contributed by atoms with Crippen molar-refractivity contribution in [1.82, 2.24) is 9.88 Å². The fourth-order valence-electron chi connectivity index (χ4n) is 3.27. The number of rotatable bonds is 4. The molecule has 2 fully saturated rings. The van der Waals surface area contributed by atoms with E-state index in [1.807, 2.05) is 0 Å². The predicted molar refractivity (Wildman–Crippen MR) is 88.1 cm³/mol. The molecule has 2 N–H and O–H groups in total. The van der Waals surface area contributed by atoms with E-state index in [2.05, 4.69) is 10.3 Å². The van der Waals surface area contributed by atoms with Gasteiger partial charge in [-0.15, -0.1) is 0 Å². The number of carboxylic acid groups (broad SMARTS) is 1. The van der Waals surface area contributed by atoms with Crippen molar-refractivity contribution >= 4 is 17.7 Å². The third-order valence-electron chi connectivity index (χ3n) is 4.64. The van der Waals surface area contributed by atoms with Crippen molar-refractivity contribution in [3.8, 4) is 5.88 Å². The van der Waals surface area contributed by atoms with Gasteiger partial charge in [-0.25, -0.2) is 9.78 Å². The van der Waals surface area contributed by atoms with Crippen molar-refractivity contribution in [2.75, 3.05) is 18.4 Å². The van der Waals surface area contributed by atoms with Crippen LogP contribution in [0.3, 0.4) is 0 Å². The van der Waals surface area contributed by atoms with Crippen LogP contribution in [-0.2, 0) is 4.79 Å². The molecule has 2 heterocycles. The third kappa shape index (κ3) is 4.15. The number of carbonyl (C=O) groups is 2. The summed E-state index contributed by atoms with van der Waals surface area (Å²) in [5.41, 5.74) is 0.580. The Hall–Kier alpha value is -2.31. The van der Waals surface area contributed by atoms with Gasteiger partial charge in [0.25, 0.3) is 0 Å². The molecule has 130 valence electrons. The number of likely N-dealkylation sites (tertiary alicyclic amines) is 1. The zero-order chi connectivity index (χ0) is 16.9. The molecule has 24 heavy (non-hydrogen) atoms. The molecule has 7 heteroatoms. The first-order valence-corrected chi connectivity index (χ1v) is 8.53. The number of nitrogens with one attached hydrogen (secondary N) is 1. The molecule has 1 atom stereocenters. The molecule has 2 aliphatic rings. The Labute approximate surface area is 141 Å². The number of ether oxygens (including phenoxy) is 1. The molecule has 3 rings (SSSR count). The van der Waals surface area contributed by atoms with Gasteiger partial charge in [0.1, 0.15) is 6.10 Å². The Kier molecular flexibility index (Phi) is 5.17. The number of aromatic nitrogens is 1. The van der Waals surface area contributed by atoms with E-state index in [-0.39, 0.29) is 18.7 Å². The molecule has 0 radical (unpaired) electrons. The van der Waals surface area contributed by atoms with Gasteiger partial charge in [-0.2, -0.15) is 0 Å². The Bertz CT molecular complexity index is 584. The number of anilines is 1. The standard InChI is InChI=1S/C17H23N3O4/c21-16(22)12-4-3-9-20(11-12)17(23)19-13-7-8-15(18-10-13)24-14-5-1-2-6-14/h7-8,10,12,14H,1-6,9,11H2,(H,19,23)(H,21,22). The number of hydrogen-bond acceptors (Lipinski definition) is 4. The van der Waals surface area contributed by atoms with Crippen molar-refractivity contribution in [2.24, 2.45) is 5.92 Å². The van der Waals surface area contributed by atoms with Crippen molar-refractivity contribution in [3.05, 3.63) is 18.3 Å². The zero-order valence-corrected chi connectivity index (χ0v) is 13.6. The van der Waals surface area contributed by atoms with Crippen LogP contribution < -0.4 is 10.1 Å². The molecule has 1 unspecified atom stereocenters. The van der Waals surface area contributed by atoms with Gasteiger partial charge >= 0.3 is 12.0 Å². The summed E-state index contributed by atoms with van der Waals surface area (Å²) in [7, 11) is 0. The van der Waals surface area contributed by atoms with Crippen LogP contribution in [0.2, 0.25) is 0 Å². The third-order valence-corrected chi connectivity index (χ3v) is 4.64. The van der Waals surface area contributed by atoms with Crippen molar-refractivity contribution in [3.63, 3.8) is 0 Å². The summed E-state index contributed by atoms with van der Waals surface area (Å²) in [6.07, 6.45) is 7.68. The van der Waals surface area contributed by atoms with Gasteiger partial charge in [0.05, 0.1) is 17.8 Å². The van der Waals surface area contributed by atoms with Crippen LogP contribution in [0.5, 0.6) is 5.88 Å². The number of aliphatic carboxylic acids is 1. The Morgan fingerprint density at radius 3 is 2.67 bits per heavy atom. The molecule has 1 aromatic rings. The predicted octanol–water partition coefficient (Wildman–Crippen LogP) is 2.73. The minimum absolute atomic E-state index is 0.247. The van der Waals surface area contributed by atoms with Crippen LogP contribution in [0, 0.1) is 5.92 Å². The lowest BCUT2D eigenvalue weighted by atomic mass is 9.99. The first kappa shape index (κ1) is 16.5. The van der Waals surface area contributed by atoms with E-state index in [0.29, 0.717) is 31.0 Å². The normalized spacial score (nSPS) is 21.5. The van der Waals surface area contributed by atoms with Gasteiger partial charge in [-0.1, -0.05) is 0 Å². The SMILES string of the molecule is O=C(O)C1CCCN(C(=O)Nc2ccc(OC3CCCC3)nc2)C1. The smallest absolute Gasteiger partial charge is 0.321 e. The number of carbonyl (C=O) groups excluding carboxylic acids is 1. The van der Waals surface area contributed by atoms with E-state index in [1.54, 1.807) is 23.2 Å². The first-order valence-electron chi connectivity index (χ1n) is 8.53. The fraction of sp³-hybridized carbons (Fsp3) is 0.588. The maximum Gasteiger partial charge on any atom is 0.321 e. The van der Waals surface area contributed by atoms with E-state index < -0.39 is 11.9 Å². The molecule has 1 saturated heterocycles. The number of hydrogen-bond donors (Lipinski definition) is 2. The van der Waals surface area contributed by atoms with Crippen molar-refractivity contribution in [2.45, 2.75) is 44.6 Å². The highest BCUT2D eigenvalue weighted by atomic mass is 16.5. The van der Waals surface area contributed by atoms with Crippen LogP contribution in [0.1, 0.15) is 38.5 Å². The quantitative estimate of drug-likeness (QED) is 0.884. The number of amides is 2. The van der Waals surface area contributed by atoms with Gasteiger partial charge in [-0.05, 0) is 44.6 Å². The van der Waals surface area contributed by atoms with Gasteiger partial charge in [0, 0.05) is 19.2 Å². The minimum atomic E-state index is -0.845. The number of piperidine rings is 1. The summed E-state index contributed by atoms with van der Waals surface area (Å²) < 4.78 is 5.79. The van der Waals surface area contributed by atoms with Crippen LogP contribution in [0.4, 0.5) is 10.5 Å². The molecular formula is C17H23N3O4. The zero-order valence-electron chi connectivity index (χ0n) is 13.6. The first-order chi connectivity index (χ1) is 11.6. The van der Waals surface area contributed by atoms with E-state index in [4.69, 9.17) is 9.84 Å². The van der Waals surface area contributed by atoms with E-state index >= 15 is 0 Å². The molecule has 1 aromatic heterocycles. The van der Waals surface area contributed by atoms with Gasteiger partial charge in [0.15, 0.2) is 0 Å². The second-order valence-corrected chi connectivity index (χ2v) is 6.46. The molecule has 0 bridgehead atoms. The average molecular weight is 333 g/mol. The summed E-state index contributed by atoms with van der Waals surface area (Å²) in [5.74, 6) is -0.754.